The molecule has 0 saturated carbocycles. The van der Waals surface area contributed by atoms with Crippen LogP contribution in [0.5, 0.6) is 0 Å². The Balaban J connectivity index is 3.20. The van der Waals surface area contributed by atoms with E-state index in [0.717, 1.165) is 0 Å². The van der Waals surface area contributed by atoms with Crippen molar-refractivity contribution < 1.29 is 19.8 Å². The average Bonchev–Trinajstić information content (AvgIpc) is 2.17. The number of carboxylic acids is 2. The number of nitrogens with zero attached hydrogens (tertiary/aromatic N) is 3. The van der Waals surface area contributed by atoms with Gasteiger partial charge in [-0.05, 0) is 25.3 Å². The SMILES string of the molecule is CC1(C(=O)O)C=CCC(N=[N+]=[N-])(C(=O)O)C1. The lowest BCUT2D eigenvalue weighted by atomic mass is 9.71. The third-order valence-corrected chi connectivity index (χ3v) is 2.72. The van der Waals surface area contributed by atoms with E-state index in [1.54, 1.807) is 0 Å². The first-order valence-electron chi connectivity index (χ1n) is 4.57. The molecule has 0 bridgehead atoms. The molecule has 1 aliphatic carbocycles. The van der Waals surface area contributed by atoms with Crippen molar-refractivity contribution in [2.45, 2.75) is 25.3 Å². The Bertz CT molecular complexity index is 409. The summed E-state index contributed by atoms with van der Waals surface area (Å²) in [6.45, 7) is 1.40. The third kappa shape index (κ3) is 1.85. The van der Waals surface area contributed by atoms with Gasteiger partial charge >= 0.3 is 11.9 Å². The van der Waals surface area contributed by atoms with Gasteiger partial charge in [0.15, 0.2) is 5.54 Å². The number of aliphatic carboxylic acids is 2. The van der Waals surface area contributed by atoms with Crippen molar-refractivity contribution in [3.8, 4) is 0 Å². The summed E-state index contributed by atoms with van der Waals surface area (Å²) in [5.74, 6) is -2.44. The minimum atomic E-state index is -1.70. The van der Waals surface area contributed by atoms with Gasteiger partial charge in [0.1, 0.15) is 0 Å². The van der Waals surface area contributed by atoms with Crippen molar-refractivity contribution in [1.82, 2.24) is 0 Å². The van der Waals surface area contributed by atoms with E-state index in [1.165, 1.54) is 19.1 Å². The molecule has 0 saturated heterocycles. The zero-order chi connectivity index (χ0) is 12.4. The summed E-state index contributed by atoms with van der Waals surface area (Å²) in [6.07, 6.45) is 2.63. The van der Waals surface area contributed by atoms with Gasteiger partial charge in [-0.15, -0.1) is 0 Å². The Kier molecular flexibility index (Phi) is 2.91. The molecule has 0 aromatic heterocycles. The predicted octanol–water partition coefficient (Wildman–Crippen LogP) is 1.56. The first kappa shape index (κ1) is 12.1. The Morgan fingerprint density at radius 3 is 2.50 bits per heavy atom. The van der Waals surface area contributed by atoms with Gasteiger partial charge in [0.2, 0.25) is 0 Å². The smallest absolute Gasteiger partial charge is 0.315 e. The van der Waals surface area contributed by atoms with Gasteiger partial charge in [-0.2, -0.15) is 0 Å². The Labute approximate surface area is 91.0 Å². The molecule has 0 aliphatic heterocycles. The molecule has 0 radical (unpaired) electrons. The van der Waals surface area contributed by atoms with Crippen LogP contribution in [0.15, 0.2) is 17.3 Å². The Morgan fingerprint density at radius 1 is 1.44 bits per heavy atom. The monoisotopic (exact) mass is 225 g/mol. The van der Waals surface area contributed by atoms with Gasteiger partial charge < -0.3 is 10.2 Å². The van der Waals surface area contributed by atoms with E-state index in [-0.39, 0.29) is 12.8 Å². The molecule has 2 N–H and O–H groups in total. The largest absolute Gasteiger partial charge is 0.481 e. The van der Waals surface area contributed by atoms with Crippen LogP contribution in [0.3, 0.4) is 0 Å². The zero-order valence-corrected chi connectivity index (χ0v) is 8.62. The van der Waals surface area contributed by atoms with Crippen LogP contribution in [0.4, 0.5) is 0 Å². The fourth-order valence-electron chi connectivity index (χ4n) is 1.77. The second-order valence-electron chi connectivity index (χ2n) is 4.03. The van der Waals surface area contributed by atoms with Crippen molar-refractivity contribution in [3.05, 3.63) is 22.6 Å². The summed E-state index contributed by atoms with van der Waals surface area (Å²) in [7, 11) is 0. The molecule has 0 aromatic carbocycles. The minimum Gasteiger partial charge on any atom is -0.481 e. The van der Waals surface area contributed by atoms with E-state index >= 15 is 0 Å². The number of hydrogen-bond acceptors (Lipinski definition) is 3. The summed E-state index contributed by atoms with van der Waals surface area (Å²) in [5.41, 5.74) is 5.35. The molecular formula is C9H11N3O4. The summed E-state index contributed by atoms with van der Waals surface area (Å²) in [5, 5.41) is 21.3. The van der Waals surface area contributed by atoms with E-state index in [1.807, 2.05) is 0 Å². The average molecular weight is 225 g/mol. The van der Waals surface area contributed by atoms with Crippen molar-refractivity contribution in [2.24, 2.45) is 10.5 Å². The number of carbonyl (C=O) groups is 2. The normalized spacial score (nSPS) is 32.8. The van der Waals surface area contributed by atoms with Gasteiger partial charge in [0, 0.05) is 4.91 Å². The van der Waals surface area contributed by atoms with Crippen molar-refractivity contribution in [3.63, 3.8) is 0 Å². The van der Waals surface area contributed by atoms with Crippen LogP contribution >= 0.6 is 0 Å². The van der Waals surface area contributed by atoms with E-state index in [9.17, 15) is 9.59 Å². The van der Waals surface area contributed by atoms with Gasteiger partial charge in [-0.25, -0.2) is 0 Å². The first-order valence-corrected chi connectivity index (χ1v) is 4.57. The van der Waals surface area contributed by atoms with Crippen LogP contribution in [0, 0.1) is 5.41 Å². The highest BCUT2D eigenvalue weighted by Gasteiger charge is 2.48. The predicted molar refractivity (Wildman–Crippen MR) is 53.6 cm³/mol. The lowest BCUT2D eigenvalue weighted by molar-refractivity contribution is -0.150. The van der Waals surface area contributed by atoms with Gasteiger partial charge in [0.05, 0.1) is 5.41 Å². The molecule has 1 rings (SSSR count). The molecular weight excluding hydrogens is 214 g/mol. The molecule has 2 unspecified atom stereocenters. The maximum atomic E-state index is 11.1. The van der Waals surface area contributed by atoms with E-state index < -0.39 is 22.9 Å². The minimum absolute atomic E-state index is 0.00919. The van der Waals surface area contributed by atoms with E-state index in [2.05, 4.69) is 10.0 Å². The number of azide groups is 1. The summed E-state index contributed by atoms with van der Waals surface area (Å²) in [4.78, 5) is 24.6. The fraction of sp³-hybridized carbons (Fsp3) is 0.556. The highest BCUT2D eigenvalue weighted by molar-refractivity contribution is 5.84. The summed E-state index contributed by atoms with van der Waals surface area (Å²) in [6, 6.07) is 0. The van der Waals surface area contributed by atoms with E-state index in [0.29, 0.717) is 0 Å². The standard InChI is InChI=1S/C9H11N3O4/c1-8(6(13)14)3-2-4-9(5-8,7(15)16)11-12-10/h2-3H,4-5H2,1H3,(H,13,14)(H,15,16). The summed E-state index contributed by atoms with van der Waals surface area (Å²) < 4.78 is 0. The number of hydrogen-bond donors (Lipinski definition) is 2. The van der Waals surface area contributed by atoms with Crippen molar-refractivity contribution in [1.29, 1.82) is 0 Å². The van der Waals surface area contributed by atoms with Crippen LogP contribution in [0.2, 0.25) is 0 Å². The maximum Gasteiger partial charge on any atom is 0.315 e. The molecule has 0 amide bonds. The second kappa shape index (κ2) is 3.86. The summed E-state index contributed by atoms with van der Waals surface area (Å²) >= 11 is 0. The van der Waals surface area contributed by atoms with Crippen molar-refractivity contribution >= 4 is 11.9 Å². The molecule has 0 heterocycles. The highest BCUT2D eigenvalue weighted by Crippen LogP contribution is 2.39. The third-order valence-electron chi connectivity index (χ3n) is 2.72. The van der Waals surface area contributed by atoms with Crippen LogP contribution in [-0.2, 0) is 9.59 Å². The Morgan fingerprint density at radius 2 is 2.06 bits per heavy atom. The quantitative estimate of drug-likeness (QED) is 0.327. The van der Waals surface area contributed by atoms with E-state index in [4.69, 9.17) is 15.7 Å². The van der Waals surface area contributed by atoms with Crippen LogP contribution in [-0.4, -0.2) is 27.7 Å². The molecule has 86 valence electrons. The molecule has 0 fully saturated rings. The molecule has 0 spiro atoms. The number of rotatable bonds is 3. The van der Waals surface area contributed by atoms with Gasteiger partial charge in [-0.3, -0.25) is 9.59 Å². The Hall–Kier alpha value is -2.01. The van der Waals surface area contributed by atoms with Gasteiger partial charge in [-0.1, -0.05) is 17.3 Å². The lowest BCUT2D eigenvalue weighted by Crippen LogP contribution is -2.45. The zero-order valence-electron chi connectivity index (χ0n) is 8.62. The molecule has 1 aliphatic rings. The first-order chi connectivity index (χ1) is 7.36. The molecule has 16 heavy (non-hydrogen) atoms. The van der Waals surface area contributed by atoms with Gasteiger partial charge in [0.25, 0.3) is 0 Å². The van der Waals surface area contributed by atoms with Crippen molar-refractivity contribution in [2.75, 3.05) is 0 Å². The second-order valence-corrected chi connectivity index (χ2v) is 4.03. The highest BCUT2D eigenvalue weighted by atomic mass is 16.4. The van der Waals surface area contributed by atoms with Crippen LogP contribution in [0.1, 0.15) is 19.8 Å². The molecule has 0 aromatic rings. The fourth-order valence-corrected chi connectivity index (χ4v) is 1.77. The molecule has 7 heteroatoms. The lowest BCUT2D eigenvalue weighted by Gasteiger charge is -2.34. The molecule has 2 atom stereocenters. The molecule has 7 nitrogen and oxygen atoms in total. The topological polar surface area (TPSA) is 123 Å². The van der Waals surface area contributed by atoms with Crippen LogP contribution < -0.4 is 0 Å². The van der Waals surface area contributed by atoms with Crippen LogP contribution in [0.25, 0.3) is 10.4 Å². The number of carboxylic acid groups (broad SMARTS) is 2. The maximum absolute atomic E-state index is 11.1.